The van der Waals surface area contributed by atoms with Gasteiger partial charge in [0.2, 0.25) is 0 Å². The largest absolute Gasteiger partial charge is 0.464 e. The van der Waals surface area contributed by atoms with Gasteiger partial charge in [-0.2, -0.15) is 0 Å². The standard InChI is InChI=1S/C11H14N2O2/c1-15-11(14)10-6-9(12-7-13-10)5-8-3-2-4-8/h6-8H,2-5H2,1H3. The van der Waals surface area contributed by atoms with Crippen LogP contribution in [0.2, 0.25) is 0 Å². The van der Waals surface area contributed by atoms with Gasteiger partial charge >= 0.3 is 5.97 Å². The fourth-order valence-corrected chi connectivity index (χ4v) is 1.72. The Labute approximate surface area is 88.7 Å². The Kier molecular flexibility index (Phi) is 2.94. The molecule has 0 spiro atoms. The molecule has 15 heavy (non-hydrogen) atoms. The topological polar surface area (TPSA) is 52.1 Å². The molecule has 0 saturated heterocycles. The lowest BCUT2D eigenvalue weighted by Gasteiger charge is -2.24. The SMILES string of the molecule is COC(=O)c1cc(CC2CCC2)ncn1. The third kappa shape index (κ3) is 2.32. The average molecular weight is 206 g/mol. The van der Waals surface area contributed by atoms with Crippen molar-refractivity contribution in [2.75, 3.05) is 7.11 Å². The summed E-state index contributed by atoms with van der Waals surface area (Å²) >= 11 is 0. The lowest BCUT2D eigenvalue weighted by molar-refractivity contribution is 0.0593. The number of carbonyl (C=O) groups excluding carboxylic acids is 1. The molecule has 1 saturated carbocycles. The van der Waals surface area contributed by atoms with Crippen LogP contribution in [-0.2, 0) is 11.2 Å². The highest BCUT2D eigenvalue weighted by atomic mass is 16.5. The number of methoxy groups -OCH3 is 1. The number of hydrogen-bond acceptors (Lipinski definition) is 4. The van der Waals surface area contributed by atoms with Crippen molar-refractivity contribution in [2.45, 2.75) is 25.7 Å². The van der Waals surface area contributed by atoms with Crippen LogP contribution in [0.5, 0.6) is 0 Å². The number of aromatic nitrogens is 2. The highest BCUT2D eigenvalue weighted by Gasteiger charge is 2.19. The zero-order valence-corrected chi connectivity index (χ0v) is 8.77. The van der Waals surface area contributed by atoms with Gasteiger partial charge in [0.25, 0.3) is 0 Å². The van der Waals surface area contributed by atoms with E-state index in [-0.39, 0.29) is 0 Å². The Morgan fingerprint density at radius 1 is 1.53 bits per heavy atom. The Bertz CT molecular complexity index is 361. The van der Waals surface area contributed by atoms with E-state index in [4.69, 9.17) is 0 Å². The summed E-state index contributed by atoms with van der Waals surface area (Å²) in [5.74, 6) is 0.345. The van der Waals surface area contributed by atoms with E-state index in [1.165, 1.54) is 32.7 Å². The minimum atomic E-state index is -0.396. The van der Waals surface area contributed by atoms with Crippen molar-refractivity contribution in [2.24, 2.45) is 5.92 Å². The highest BCUT2D eigenvalue weighted by Crippen LogP contribution is 2.29. The predicted octanol–water partition coefficient (Wildman–Crippen LogP) is 1.61. The summed E-state index contributed by atoms with van der Waals surface area (Å²) in [6.07, 6.45) is 6.25. The van der Waals surface area contributed by atoms with Gasteiger partial charge in [-0.1, -0.05) is 19.3 Å². The summed E-state index contributed by atoms with van der Waals surface area (Å²) in [7, 11) is 1.36. The summed E-state index contributed by atoms with van der Waals surface area (Å²) in [4.78, 5) is 19.3. The summed E-state index contributed by atoms with van der Waals surface area (Å²) in [6.45, 7) is 0. The second-order valence-electron chi connectivity index (χ2n) is 3.89. The summed E-state index contributed by atoms with van der Waals surface area (Å²) in [5.41, 5.74) is 1.29. The summed E-state index contributed by atoms with van der Waals surface area (Å²) < 4.78 is 4.61. The van der Waals surface area contributed by atoms with Crippen molar-refractivity contribution in [1.82, 2.24) is 9.97 Å². The first-order valence-corrected chi connectivity index (χ1v) is 5.19. The van der Waals surface area contributed by atoms with Crippen LogP contribution in [0.25, 0.3) is 0 Å². The molecule has 1 aliphatic rings. The Balaban J connectivity index is 2.07. The molecular formula is C11H14N2O2. The van der Waals surface area contributed by atoms with Gasteiger partial charge in [-0.05, 0) is 18.4 Å². The molecule has 0 unspecified atom stereocenters. The van der Waals surface area contributed by atoms with Crippen molar-refractivity contribution < 1.29 is 9.53 Å². The second-order valence-corrected chi connectivity index (χ2v) is 3.89. The van der Waals surface area contributed by atoms with E-state index >= 15 is 0 Å². The minimum absolute atomic E-state index is 0.349. The first kappa shape index (κ1) is 10.1. The molecule has 1 fully saturated rings. The van der Waals surface area contributed by atoms with Crippen LogP contribution in [0.15, 0.2) is 12.4 Å². The van der Waals surface area contributed by atoms with Gasteiger partial charge in [-0.25, -0.2) is 14.8 Å². The zero-order valence-electron chi connectivity index (χ0n) is 8.77. The normalized spacial score (nSPS) is 15.8. The van der Waals surface area contributed by atoms with Gasteiger partial charge in [-0.15, -0.1) is 0 Å². The van der Waals surface area contributed by atoms with Crippen LogP contribution in [0.3, 0.4) is 0 Å². The molecule has 4 nitrogen and oxygen atoms in total. The number of hydrogen-bond donors (Lipinski definition) is 0. The Morgan fingerprint density at radius 3 is 2.93 bits per heavy atom. The smallest absolute Gasteiger partial charge is 0.356 e. The molecule has 0 bridgehead atoms. The van der Waals surface area contributed by atoms with E-state index in [9.17, 15) is 4.79 Å². The molecule has 0 radical (unpaired) electrons. The molecule has 4 heteroatoms. The monoisotopic (exact) mass is 206 g/mol. The van der Waals surface area contributed by atoms with Gasteiger partial charge in [0.1, 0.15) is 6.33 Å². The lowest BCUT2D eigenvalue weighted by Crippen LogP contribution is -2.15. The van der Waals surface area contributed by atoms with E-state index in [2.05, 4.69) is 14.7 Å². The minimum Gasteiger partial charge on any atom is -0.464 e. The molecule has 0 aliphatic heterocycles. The van der Waals surface area contributed by atoms with Crippen molar-refractivity contribution in [3.05, 3.63) is 23.8 Å². The molecule has 0 aromatic carbocycles. The molecule has 1 aromatic heterocycles. The van der Waals surface area contributed by atoms with E-state index < -0.39 is 5.97 Å². The highest BCUT2D eigenvalue weighted by molar-refractivity contribution is 5.87. The molecule has 2 rings (SSSR count). The van der Waals surface area contributed by atoms with E-state index in [1.54, 1.807) is 6.07 Å². The number of ether oxygens (including phenoxy) is 1. The van der Waals surface area contributed by atoms with Crippen LogP contribution >= 0.6 is 0 Å². The van der Waals surface area contributed by atoms with Gasteiger partial charge in [0.05, 0.1) is 7.11 Å². The quantitative estimate of drug-likeness (QED) is 0.705. The molecule has 80 valence electrons. The van der Waals surface area contributed by atoms with Crippen molar-refractivity contribution in [1.29, 1.82) is 0 Å². The van der Waals surface area contributed by atoms with Crippen LogP contribution in [-0.4, -0.2) is 23.0 Å². The van der Waals surface area contributed by atoms with Crippen LogP contribution in [0, 0.1) is 5.92 Å². The van der Waals surface area contributed by atoms with E-state index in [0.29, 0.717) is 5.69 Å². The number of esters is 1. The van der Waals surface area contributed by atoms with Gasteiger partial charge < -0.3 is 4.74 Å². The second kappa shape index (κ2) is 4.38. The first-order chi connectivity index (χ1) is 7.29. The molecule has 1 heterocycles. The van der Waals surface area contributed by atoms with E-state index in [1.807, 2.05) is 0 Å². The van der Waals surface area contributed by atoms with E-state index in [0.717, 1.165) is 18.0 Å². The molecule has 0 atom stereocenters. The van der Waals surface area contributed by atoms with Crippen LogP contribution in [0.1, 0.15) is 35.4 Å². The van der Waals surface area contributed by atoms with Crippen molar-refractivity contribution in [3.63, 3.8) is 0 Å². The first-order valence-electron chi connectivity index (χ1n) is 5.19. The maximum Gasteiger partial charge on any atom is 0.356 e. The van der Waals surface area contributed by atoms with Gasteiger partial charge in [0.15, 0.2) is 5.69 Å². The predicted molar refractivity (Wildman–Crippen MR) is 54.4 cm³/mol. The van der Waals surface area contributed by atoms with Gasteiger partial charge in [-0.3, -0.25) is 0 Å². The maximum atomic E-state index is 11.2. The average Bonchev–Trinajstić information content (AvgIpc) is 2.23. The summed E-state index contributed by atoms with van der Waals surface area (Å²) in [5, 5.41) is 0. The fraction of sp³-hybridized carbons (Fsp3) is 0.545. The van der Waals surface area contributed by atoms with Gasteiger partial charge in [0, 0.05) is 5.69 Å². The van der Waals surface area contributed by atoms with Crippen LogP contribution < -0.4 is 0 Å². The maximum absolute atomic E-state index is 11.2. The fourth-order valence-electron chi connectivity index (χ4n) is 1.72. The third-order valence-corrected chi connectivity index (χ3v) is 2.84. The number of carbonyl (C=O) groups is 1. The molecular weight excluding hydrogens is 192 g/mol. The Morgan fingerprint density at radius 2 is 2.33 bits per heavy atom. The van der Waals surface area contributed by atoms with Crippen LogP contribution in [0.4, 0.5) is 0 Å². The number of rotatable bonds is 3. The lowest BCUT2D eigenvalue weighted by atomic mass is 9.82. The molecule has 0 amide bonds. The number of nitrogens with zero attached hydrogens (tertiary/aromatic N) is 2. The molecule has 1 aromatic rings. The molecule has 0 N–H and O–H groups in total. The summed E-state index contributed by atoms with van der Waals surface area (Å²) in [6, 6.07) is 1.73. The van der Waals surface area contributed by atoms with Crippen molar-refractivity contribution >= 4 is 5.97 Å². The zero-order chi connectivity index (χ0) is 10.7. The third-order valence-electron chi connectivity index (χ3n) is 2.84. The molecule has 1 aliphatic carbocycles. The Hall–Kier alpha value is -1.45. The van der Waals surface area contributed by atoms with Crippen molar-refractivity contribution in [3.8, 4) is 0 Å².